The Balaban J connectivity index is 1.73. The van der Waals surface area contributed by atoms with Crippen LogP contribution in [-0.4, -0.2) is 73.0 Å². The molecule has 0 spiro atoms. The monoisotopic (exact) mass is 281 g/mol. The summed E-state index contributed by atoms with van der Waals surface area (Å²) in [6, 6.07) is 0.675. The molecule has 0 N–H and O–H groups in total. The topological polar surface area (TPSA) is 26.8 Å². The summed E-state index contributed by atoms with van der Waals surface area (Å²) in [7, 11) is 2.21. The first-order valence-corrected chi connectivity index (χ1v) is 8.30. The molecule has 0 aromatic carbocycles. The molecule has 0 unspecified atom stereocenters. The zero-order valence-corrected chi connectivity index (χ0v) is 13.5. The van der Waals surface area contributed by atoms with Gasteiger partial charge < -0.3 is 9.80 Å². The second-order valence-corrected chi connectivity index (χ2v) is 6.68. The number of carbonyl (C=O) groups excluding carboxylic acids is 1. The Labute approximate surface area is 124 Å². The highest BCUT2D eigenvalue weighted by atomic mass is 16.2. The van der Waals surface area contributed by atoms with Crippen molar-refractivity contribution >= 4 is 5.91 Å². The molecule has 0 aliphatic carbocycles. The van der Waals surface area contributed by atoms with Gasteiger partial charge in [-0.15, -0.1) is 0 Å². The maximum Gasteiger partial charge on any atom is 0.222 e. The summed E-state index contributed by atoms with van der Waals surface area (Å²) < 4.78 is 0. The van der Waals surface area contributed by atoms with Crippen molar-refractivity contribution in [1.82, 2.24) is 14.7 Å². The van der Waals surface area contributed by atoms with Crippen molar-refractivity contribution in [3.63, 3.8) is 0 Å². The predicted molar refractivity (Wildman–Crippen MR) is 82.7 cm³/mol. The zero-order valence-electron chi connectivity index (χ0n) is 13.5. The minimum atomic E-state index is 0.360. The number of piperidine rings is 1. The van der Waals surface area contributed by atoms with Crippen LogP contribution >= 0.6 is 0 Å². The molecule has 1 amide bonds. The average molecular weight is 281 g/mol. The van der Waals surface area contributed by atoms with E-state index in [9.17, 15) is 4.79 Å². The first-order valence-electron chi connectivity index (χ1n) is 8.30. The first-order chi connectivity index (χ1) is 9.60. The number of likely N-dealkylation sites (tertiary alicyclic amines) is 1. The Morgan fingerprint density at radius 1 is 1.15 bits per heavy atom. The van der Waals surface area contributed by atoms with Crippen LogP contribution in [0.15, 0.2) is 0 Å². The van der Waals surface area contributed by atoms with Gasteiger partial charge in [-0.05, 0) is 39.2 Å². The molecule has 2 aliphatic heterocycles. The van der Waals surface area contributed by atoms with Gasteiger partial charge in [0.25, 0.3) is 0 Å². The summed E-state index contributed by atoms with van der Waals surface area (Å²) in [5.41, 5.74) is 0. The van der Waals surface area contributed by atoms with Crippen LogP contribution in [0.25, 0.3) is 0 Å². The molecule has 0 saturated carbocycles. The average Bonchev–Trinajstić information content (AvgIpc) is 2.43. The Bertz CT molecular complexity index is 313. The zero-order chi connectivity index (χ0) is 14.5. The van der Waals surface area contributed by atoms with Gasteiger partial charge in [0.15, 0.2) is 0 Å². The van der Waals surface area contributed by atoms with Gasteiger partial charge in [0, 0.05) is 51.7 Å². The smallest absolute Gasteiger partial charge is 0.222 e. The maximum atomic E-state index is 11.9. The number of carbonyl (C=O) groups is 1. The van der Waals surface area contributed by atoms with E-state index in [-0.39, 0.29) is 0 Å². The fourth-order valence-corrected chi connectivity index (χ4v) is 3.52. The summed E-state index contributed by atoms with van der Waals surface area (Å²) in [6.45, 7) is 11.2. The van der Waals surface area contributed by atoms with Gasteiger partial charge in [-0.2, -0.15) is 0 Å². The largest absolute Gasteiger partial charge is 0.343 e. The highest BCUT2D eigenvalue weighted by molar-refractivity contribution is 5.76. The third-order valence-electron chi connectivity index (χ3n) is 4.89. The molecule has 0 bridgehead atoms. The van der Waals surface area contributed by atoms with Crippen molar-refractivity contribution in [2.24, 2.45) is 5.92 Å². The van der Waals surface area contributed by atoms with E-state index in [2.05, 4.69) is 35.6 Å². The van der Waals surface area contributed by atoms with E-state index in [4.69, 9.17) is 0 Å². The number of rotatable bonds is 4. The first kappa shape index (κ1) is 15.8. The molecule has 116 valence electrons. The van der Waals surface area contributed by atoms with Gasteiger partial charge in [-0.1, -0.05) is 6.92 Å². The molecule has 4 heteroatoms. The van der Waals surface area contributed by atoms with E-state index < -0.39 is 0 Å². The number of hydrogen-bond acceptors (Lipinski definition) is 3. The quantitative estimate of drug-likeness (QED) is 0.784. The molecule has 1 atom stereocenters. The molecule has 4 nitrogen and oxygen atoms in total. The number of nitrogens with zero attached hydrogens (tertiary/aromatic N) is 3. The molecule has 20 heavy (non-hydrogen) atoms. The van der Waals surface area contributed by atoms with E-state index in [0.717, 1.165) is 31.8 Å². The lowest BCUT2D eigenvalue weighted by atomic mass is 9.95. The lowest BCUT2D eigenvalue weighted by Crippen LogP contribution is -2.52. The summed E-state index contributed by atoms with van der Waals surface area (Å²) >= 11 is 0. The Kier molecular flexibility index (Phi) is 5.85. The van der Waals surface area contributed by atoms with E-state index in [1.54, 1.807) is 0 Å². The van der Waals surface area contributed by atoms with Gasteiger partial charge >= 0.3 is 0 Å². The van der Waals surface area contributed by atoms with E-state index >= 15 is 0 Å². The summed E-state index contributed by atoms with van der Waals surface area (Å²) in [4.78, 5) is 19.0. The number of hydrogen-bond donors (Lipinski definition) is 0. The third kappa shape index (κ3) is 4.19. The fourth-order valence-electron chi connectivity index (χ4n) is 3.52. The number of likely N-dealkylation sites (N-methyl/N-ethyl adjacent to an activating group) is 1. The van der Waals surface area contributed by atoms with Crippen molar-refractivity contribution < 1.29 is 4.79 Å². The van der Waals surface area contributed by atoms with Gasteiger partial charge in [0.05, 0.1) is 0 Å². The molecule has 0 radical (unpaired) electrons. The molecule has 0 aromatic rings. The van der Waals surface area contributed by atoms with E-state index in [1.807, 2.05) is 0 Å². The van der Waals surface area contributed by atoms with Crippen LogP contribution in [0.2, 0.25) is 0 Å². The van der Waals surface area contributed by atoms with Gasteiger partial charge in [0.1, 0.15) is 0 Å². The van der Waals surface area contributed by atoms with E-state index in [1.165, 1.54) is 39.0 Å². The van der Waals surface area contributed by atoms with Crippen molar-refractivity contribution in [2.45, 2.75) is 45.6 Å². The highest BCUT2D eigenvalue weighted by Gasteiger charge is 2.27. The molecule has 2 rings (SSSR count). The van der Waals surface area contributed by atoms with Crippen LogP contribution in [0.1, 0.15) is 39.5 Å². The third-order valence-corrected chi connectivity index (χ3v) is 4.89. The van der Waals surface area contributed by atoms with Crippen LogP contribution in [0.3, 0.4) is 0 Å². The van der Waals surface area contributed by atoms with Crippen LogP contribution in [0.4, 0.5) is 0 Å². The predicted octanol–water partition coefficient (Wildman–Crippen LogP) is 1.66. The minimum Gasteiger partial charge on any atom is -0.343 e. The maximum absolute atomic E-state index is 11.9. The van der Waals surface area contributed by atoms with Gasteiger partial charge in [-0.25, -0.2) is 0 Å². The minimum absolute atomic E-state index is 0.360. The summed E-state index contributed by atoms with van der Waals surface area (Å²) in [5.74, 6) is 1.14. The van der Waals surface area contributed by atoms with E-state index in [0.29, 0.717) is 11.9 Å². The molecule has 0 aromatic heterocycles. The van der Waals surface area contributed by atoms with Crippen LogP contribution in [0.5, 0.6) is 0 Å². The fraction of sp³-hybridized carbons (Fsp3) is 0.938. The molecule has 2 heterocycles. The van der Waals surface area contributed by atoms with Crippen molar-refractivity contribution in [3.8, 4) is 0 Å². The Morgan fingerprint density at radius 2 is 1.85 bits per heavy atom. The molecular weight excluding hydrogens is 250 g/mol. The van der Waals surface area contributed by atoms with Crippen LogP contribution in [0, 0.1) is 5.92 Å². The van der Waals surface area contributed by atoms with Crippen molar-refractivity contribution in [1.29, 1.82) is 0 Å². The summed E-state index contributed by atoms with van der Waals surface area (Å²) in [6.07, 6.45) is 4.07. The van der Waals surface area contributed by atoms with Gasteiger partial charge in [0.2, 0.25) is 5.91 Å². The Hall–Kier alpha value is -0.610. The molecular formula is C16H31N3O. The van der Waals surface area contributed by atoms with Crippen molar-refractivity contribution in [2.75, 3.05) is 46.3 Å². The van der Waals surface area contributed by atoms with Crippen molar-refractivity contribution in [3.05, 3.63) is 0 Å². The normalized spacial score (nSPS) is 26.9. The molecule has 2 aliphatic rings. The van der Waals surface area contributed by atoms with Gasteiger partial charge in [-0.3, -0.25) is 9.69 Å². The molecule has 2 saturated heterocycles. The van der Waals surface area contributed by atoms with Crippen LogP contribution < -0.4 is 0 Å². The highest BCUT2D eigenvalue weighted by Crippen LogP contribution is 2.21. The lowest BCUT2D eigenvalue weighted by molar-refractivity contribution is -0.132. The number of amides is 1. The second kappa shape index (κ2) is 7.41. The van der Waals surface area contributed by atoms with Crippen LogP contribution in [-0.2, 0) is 4.79 Å². The SMILES string of the molecule is CCCC(=O)N1CCC(CN2CCN(C)C[C@@H]2C)CC1. The Morgan fingerprint density at radius 3 is 2.45 bits per heavy atom. The number of piperazine rings is 1. The standard InChI is InChI=1S/C16H31N3O/c1-4-5-16(20)18-8-6-15(7-9-18)13-19-11-10-17(3)12-14(19)2/h14-15H,4-13H2,1-3H3/t14-/m0/s1. The summed E-state index contributed by atoms with van der Waals surface area (Å²) in [5, 5.41) is 0. The second-order valence-electron chi connectivity index (χ2n) is 6.68. The lowest BCUT2D eigenvalue weighted by Gasteiger charge is -2.41. The molecule has 2 fully saturated rings.